The van der Waals surface area contributed by atoms with E-state index in [0.29, 0.717) is 40.5 Å². The highest BCUT2D eigenvalue weighted by molar-refractivity contribution is 7.92. The van der Waals surface area contributed by atoms with E-state index in [-0.39, 0.29) is 4.90 Å². The number of hydrogen-bond acceptors (Lipinski definition) is 2. The third kappa shape index (κ3) is 3.78. The Morgan fingerprint density at radius 1 is 0.920 bits per heavy atom. The number of halogens is 4. The molecule has 0 unspecified atom stereocenters. The number of hydrogen-bond donors (Lipinski definition) is 1. The molecule has 8 heteroatoms. The topological polar surface area (TPSA) is 46.2 Å². The van der Waals surface area contributed by atoms with Crippen LogP contribution < -0.4 is 4.72 Å². The first-order chi connectivity index (χ1) is 11.3. The van der Waals surface area contributed by atoms with Gasteiger partial charge in [-0.2, -0.15) is 13.2 Å². The number of nitrogens with one attached hydrogen (secondary N) is 1. The molecule has 3 nitrogen and oxygen atoms in total. The normalized spacial score (nSPS) is 12.3. The van der Waals surface area contributed by atoms with E-state index in [2.05, 4.69) is 0 Å². The Morgan fingerprint density at radius 3 is 1.92 bits per heavy atom. The van der Waals surface area contributed by atoms with Gasteiger partial charge in [0.05, 0.1) is 16.1 Å². The molecule has 0 fully saturated rings. The van der Waals surface area contributed by atoms with Gasteiger partial charge in [0.2, 0.25) is 0 Å². The standard InChI is InChI=1S/C17H17F4NO2S/c1-9-7-10(2)12(4)16(11(9)3)25(23,24)22-15-8-13(17(19,20)21)5-6-14(15)18/h5-8,22H,1-4H3. The molecule has 2 aromatic rings. The third-order valence-corrected chi connectivity index (χ3v) is 5.74. The molecular weight excluding hydrogens is 358 g/mol. The molecule has 0 spiro atoms. The first kappa shape index (κ1) is 19.2. The van der Waals surface area contributed by atoms with Crippen LogP contribution in [-0.2, 0) is 16.2 Å². The number of rotatable bonds is 3. The molecule has 0 radical (unpaired) electrons. The Balaban J connectivity index is 2.58. The van der Waals surface area contributed by atoms with Gasteiger partial charge in [-0.25, -0.2) is 12.8 Å². The van der Waals surface area contributed by atoms with Crippen LogP contribution in [0.25, 0.3) is 0 Å². The predicted octanol–water partition coefficient (Wildman–Crippen LogP) is 4.88. The van der Waals surface area contributed by atoms with Crippen LogP contribution in [0.1, 0.15) is 27.8 Å². The predicted molar refractivity (Wildman–Crippen MR) is 87.6 cm³/mol. The SMILES string of the molecule is Cc1cc(C)c(C)c(S(=O)(=O)Nc2cc(C(F)(F)F)ccc2F)c1C. The van der Waals surface area contributed by atoms with Crippen LogP contribution in [0.4, 0.5) is 23.2 Å². The van der Waals surface area contributed by atoms with E-state index in [1.165, 1.54) is 0 Å². The maximum atomic E-state index is 13.9. The Morgan fingerprint density at radius 2 is 1.44 bits per heavy atom. The van der Waals surface area contributed by atoms with E-state index >= 15 is 0 Å². The van der Waals surface area contributed by atoms with E-state index < -0.39 is 33.3 Å². The van der Waals surface area contributed by atoms with E-state index in [1.54, 1.807) is 27.7 Å². The zero-order valence-corrected chi connectivity index (χ0v) is 14.9. The molecule has 0 saturated carbocycles. The van der Waals surface area contributed by atoms with Crippen molar-refractivity contribution in [2.24, 2.45) is 0 Å². The average Bonchev–Trinajstić information content (AvgIpc) is 2.46. The smallest absolute Gasteiger partial charge is 0.277 e. The summed E-state index contributed by atoms with van der Waals surface area (Å²) in [6.45, 7) is 6.65. The van der Waals surface area contributed by atoms with Gasteiger partial charge >= 0.3 is 6.18 Å². The molecule has 0 saturated heterocycles. The quantitative estimate of drug-likeness (QED) is 0.778. The van der Waals surface area contributed by atoms with Crippen molar-refractivity contribution in [2.75, 3.05) is 4.72 Å². The number of anilines is 1. The van der Waals surface area contributed by atoms with Gasteiger partial charge in [0.25, 0.3) is 10.0 Å². The fraction of sp³-hybridized carbons (Fsp3) is 0.294. The van der Waals surface area contributed by atoms with E-state index in [0.717, 1.165) is 0 Å². The second kappa shape index (κ2) is 6.33. The minimum atomic E-state index is -4.71. The van der Waals surface area contributed by atoms with Crippen LogP contribution in [0, 0.1) is 33.5 Å². The van der Waals surface area contributed by atoms with Crippen LogP contribution in [-0.4, -0.2) is 8.42 Å². The van der Waals surface area contributed by atoms with Crippen molar-refractivity contribution in [3.8, 4) is 0 Å². The molecule has 0 aliphatic rings. The van der Waals surface area contributed by atoms with Crippen molar-refractivity contribution in [3.05, 3.63) is 57.9 Å². The molecule has 1 N–H and O–H groups in total. The summed E-state index contributed by atoms with van der Waals surface area (Å²) in [7, 11) is -4.26. The average molecular weight is 375 g/mol. The van der Waals surface area contributed by atoms with Crippen LogP contribution in [0.2, 0.25) is 0 Å². The fourth-order valence-corrected chi connectivity index (χ4v) is 4.24. The molecule has 0 aliphatic heterocycles. The number of aryl methyl sites for hydroxylation is 2. The minimum absolute atomic E-state index is 0.0539. The van der Waals surface area contributed by atoms with Crippen LogP contribution >= 0.6 is 0 Å². The maximum Gasteiger partial charge on any atom is 0.416 e. The Labute approximate surface area is 143 Å². The lowest BCUT2D eigenvalue weighted by Gasteiger charge is -2.17. The van der Waals surface area contributed by atoms with Gasteiger partial charge in [-0.05, 0) is 68.1 Å². The van der Waals surface area contributed by atoms with Gasteiger partial charge < -0.3 is 0 Å². The van der Waals surface area contributed by atoms with E-state index in [1.807, 2.05) is 10.8 Å². The van der Waals surface area contributed by atoms with Crippen LogP contribution in [0.5, 0.6) is 0 Å². The molecule has 25 heavy (non-hydrogen) atoms. The summed E-state index contributed by atoms with van der Waals surface area (Å²) in [5, 5.41) is 0. The summed E-state index contributed by atoms with van der Waals surface area (Å²) in [6.07, 6.45) is -4.71. The minimum Gasteiger partial charge on any atom is -0.277 e. The van der Waals surface area contributed by atoms with Gasteiger partial charge in [0.15, 0.2) is 0 Å². The second-order valence-corrected chi connectivity index (χ2v) is 7.51. The Hall–Kier alpha value is -2.09. The molecule has 0 aliphatic carbocycles. The summed E-state index contributed by atoms with van der Waals surface area (Å²) < 4.78 is 79.6. The monoisotopic (exact) mass is 375 g/mol. The lowest BCUT2D eigenvalue weighted by atomic mass is 10.0. The third-order valence-electron chi connectivity index (χ3n) is 4.10. The molecular formula is C17H17F4NO2S. The molecule has 0 aromatic heterocycles. The summed E-state index contributed by atoms with van der Waals surface area (Å²) in [5.41, 5.74) is 0.472. The number of benzene rings is 2. The Bertz CT molecular complexity index is 908. The van der Waals surface area contributed by atoms with Crippen molar-refractivity contribution in [3.63, 3.8) is 0 Å². The maximum absolute atomic E-state index is 13.9. The molecule has 0 amide bonds. The van der Waals surface area contributed by atoms with E-state index in [9.17, 15) is 26.0 Å². The number of sulfonamides is 1. The molecule has 2 rings (SSSR count). The van der Waals surface area contributed by atoms with Gasteiger partial charge in [-0.1, -0.05) is 6.07 Å². The highest BCUT2D eigenvalue weighted by Gasteiger charge is 2.32. The molecule has 0 heterocycles. The zero-order valence-electron chi connectivity index (χ0n) is 14.0. The highest BCUT2D eigenvalue weighted by atomic mass is 32.2. The van der Waals surface area contributed by atoms with Gasteiger partial charge in [0.1, 0.15) is 5.82 Å². The lowest BCUT2D eigenvalue weighted by Crippen LogP contribution is -2.18. The molecule has 136 valence electrons. The summed E-state index contributed by atoms with van der Waals surface area (Å²) in [4.78, 5) is -0.0539. The summed E-state index contributed by atoms with van der Waals surface area (Å²) >= 11 is 0. The summed E-state index contributed by atoms with van der Waals surface area (Å²) in [6, 6.07) is 3.40. The molecule has 2 aromatic carbocycles. The first-order valence-corrected chi connectivity index (χ1v) is 8.80. The van der Waals surface area contributed by atoms with E-state index in [4.69, 9.17) is 0 Å². The van der Waals surface area contributed by atoms with Gasteiger partial charge in [0, 0.05) is 0 Å². The molecule has 0 atom stereocenters. The zero-order chi connectivity index (χ0) is 19.2. The lowest BCUT2D eigenvalue weighted by molar-refractivity contribution is -0.137. The van der Waals surface area contributed by atoms with Crippen molar-refractivity contribution < 1.29 is 26.0 Å². The Kier molecular flexibility index (Phi) is 4.87. The van der Waals surface area contributed by atoms with Crippen LogP contribution in [0.15, 0.2) is 29.2 Å². The second-order valence-electron chi connectivity index (χ2n) is 5.89. The van der Waals surface area contributed by atoms with Gasteiger partial charge in [-0.3, -0.25) is 4.72 Å². The van der Waals surface area contributed by atoms with Gasteiger partial charge in [-0.15, -0.1) is 0 Å². The summed E-state index contributed by atoms with van der Waals surface area (Å²) in [5.74, 6) is -1.09. The fourth-order valence-electron chi connectivity index (χ4n) is 2.56. The van der Waals surface area contributed by atoms with Crippen molar-refractivity contribution in [2.45, 2.75) is 38.8 Å². The largest absolute Gasteiger partial charge is 0.416 e. The van der Waals surface area contributed by atoms with Crippen LogP contribution in [0.3, 0.4) is 0 Å². The molecule has 0 bridgehead atoms. The van der Waals surface area contributed by atoms with Crippen molar-refractivity contribution in [1.82, 2.24) is 0 Å². The van der Waals surface area contributed by atoms with Crippen molar-refractivity contribution >= 4 is 15.7 Å². The van der Waals surface area contributed by atoms with Crippen molar-refractivity contribution in [1.29, 1.82) is 0 Å². The number of alkyl halides is 3. The highest BCUT2D eigenvalue weighted by Crippen LogP contribution is 2.33. The first-order valence-electron chi connectivity index (χ1n) is 7.31.